The van der Waals surface area contributed by atoms with Crippen LogP contribution < -0.4 is 25.4 Å². The maximum absolute atomic E-state index is 15.1. The third-order valence-corrected chi connectivity index (χ3v) is 7.48. The number of nitrogens with one attached hydrogen (secondary N) is 3. The zero-order valence-electron chi connectivity index (χ0n) is 22.3. The van der Waals surface area contributed by atoms with Gasteiger partial charge in [0, 0.05) is 52.8 Å². The van der Waals surface area contributed by atoms with Crippen LogP contribution in [-0.2, 0) is 17.8 Å². The maximum Gasteiger partial charge on any atom is 0.230 e. The van der Waals surface area contributed by atoms with Gasteiger partial charge in [-0.3, -0.25) is 14.5 Å². The van der Waals surface area contributed by atoms with Gasteiger partial charge in [0.15, 0.2) is 16.7 Å². The van der Waals surface area contributed by atoms with Crippen LogP contribution in [0.3, 0.4) is 0 Å². The van der Waals surface area contributed by atoms with Gasteiger partial charge in [-0.25, -0.2) is 4.39 Å². The molecule has 0 aliphatic rings. The van der Waals surface area contributed by atoms with E-state index in [0.29, 0.717) is 17.2 Å². The lowest BCUT2D eigenvalue weighted by atomic mass is 10.1. The number of amides is 1. The number of ether oxygens (including phenoxy) is 2. The third-order valence-electron chi connectivity index (χ3n) is 6.09. The molecule has 3 heterocycles. The number of hydrogen-bond donors (Lipinski definition) is 3. The molecule has 0 unspecified atom stereocenters. The van der Waals surface area contributed by atoms with Crippen molar-refractivity contribution in [3.63, 3.8) is 0 Å². The molecule has 3 aromatic heterocycles. The molecule has 5 rings (SSSR count). The molecule has 3 N–H and O–H groups in total. The molecule has 41 heavy (non-hydrogen) atoms. The average molecular weight is 591 g/mol. The predicted octanol–water partition coefficient (Wildman–Crippen LogP) is 5.37. The van der Waals surface area contributed by atoms with Crippen molar-refractivity contribution < 1.29 is 18.7 Å². The molecule has 2 aromatic carbocycles. The molecular weight excluding hydrogens is 563 g/mol. The van der Waals surface area contributed by atoms with E-state index in [0.717, 1.165) is 39.3 Å². The second-order valence-corrected chi connectivity index (χ2v) is 10.4. The Morgan fingerprint density at radius 2 is 1.98 bits per heavy atom. The Balaban J connectivity index is 1.24. The van der Waals surface area contributed by atoms with Crippen LogP contribution >= 0.6 is 23.6 Å². The quantitative estimate of drug-likeness (QED) is 0.187. The van der Waals surface area contributed by atoms with Crippen molar-refractivity contribution in [2.75, 3.05) is 26.0 Å². The highest BCUT2D eigenvalue weighted by Gasteiger charge is 2.15. The van der Waals surface area contributed by atoms with Gasteiger partial charge in [-0.05, 0) is 43.5 Å². The number of methoxy groups -OCH3 is 1. The number of halogens is 1. The van der Waals surface area contributed by atoms with E-state index in [9.17, 15) is 4.79 Å². The summed E-state index contributed by atoms with van der Waals surface area (Å²) >= 11 is 6.75. The number of fused-ring (bicyclic) bond motifs is 1. The largest absolute Gasteiger partial charge is 0.496 e. The minimum absolute atomic E-state index is 0.0454. The highest BCUT2D eigenvalue weighted by molar-refractivity contribution is 7.80. The molecule has 0 aliphatic carbocycles. The summed E-state index contributed by atoms with van der Waals surface area (Å²) in [5, 5.41) is 13.0. The van der Waals surface area contributed by atoms with Gasteiger partial charge in [0.25, 0.3) is 0 Å². The van der Waals surface area contributed by atoms with E-state index >= 15 is 4.39 Å². The van der Waals surface area contributed by atoms with Gasteiger partial charge in [0.05, 0.1) is 36.5 Å². The summed E-state index contributed by atoms with van der Waals surface area (Å²) in [7, 11) is 3.44. The molecule has 9 nitrogen and oxygen atoms in total. The molecule has 0 atom stereocenters. The van der Waals surface area contributed by atoms with E-state index < -0.39 is 5.82 Å². The average Bonchev–Trinajstić information content (AvgIpc) is 3.61. The van der Waals surface area contributed by atoms with Crippen LogP contribution in [0.4, 0.5) is 10.1 Å². The van der Waals surface area contributed by atoms with Crippen LogP contribution in [0.25, 0.3) is 20.7 Å². The lowest BCUT2D eigenvalue weighted by Crippen LogP contribution is -2.35. The second kappa shape index (κ2) is 12.9. The first kappa shape index (κ1) is 28.1. The van der Waals surface area contributed by atoms with Crippen LogP contribution in [-0.4, -0.2) is 46.5 Å². The lowest BCUT2D eigenvalue weighted by molar-refractivity contribution is -0.119. The summed E-state index contributed by atoms with van der Waals surface area (Å²) in [6.07, 6.45) is 5.51. The Morgan fingerprint density at radius 1 is 1.12 bits per heavy atom. The first-order valence-electron chi connectivity index (χ1n) is 12.7. The van der Waals surface area contributed by atoms with Crippen molar-refractivity contribution in [3.05, 3.63) is 84.6 Å². The highest BCUT2D eigenvalue weighted by Crippen LogP contribution is 2.39. The number of para-hydroxylation sites is 1. The summed E-state index contributed by atoms with van der Waals surface area (Å²) in [5.41, 5.74) is 2.82. The fourth-order valence-electron chi connectivity index (χ4n) is 4.11. The monoisotopic (exact) mass is 590 g/mol. The Kier molecular flexibility index (Phi) is 8.82. The van der Waals surface area contributed by atoms with Crippen molar-refractivity contribution in [2.24, 2.45) is 0 Å². The summed E-state index contributed by atoms with van der Waals surface area (Å²) in [4.78, 5) is 17.9. The number of rotatable bonds is 10. The van der Waals surface area contributed by atoms with E-state index in [4.69, 9.17) is 21.7 Å². The molecule has 12 heteroatoms. The molecular formula is C29H27FN6O3S2. The van der Waals surface area contributed by atoms with Crippen LogP contribution in [0.2, 0.25) is 0 Å². The molecule has 1 amide bonds. The number of aromatic nitrogens is 3. The highest BCUT2D eigenvalue weighted by atomic mass is 32.1. The summed E-state index contributed by atoms with van der Waals surface area (Å²) in [5.74, 6) is 0.234. The van der Waals surface area contributed by atoms with Crippen LogP contribution in [0.5, 0.6) is 17.2 Å². The Morgan fingerprint density at radius 3 is 2.78 bits per heavy atom. The molecule has 210 valence electrons. The number of carbonyl (C=O) groups is 1. The molecule has 0 radical (unpaired) electrons. The molecule has 5 aromatic rings. The van der Waals surface area contributed by atoms with Crippen molar-refractivity contribution in [3.8, 4) is 27.7 Å². The number of hydrogen-bond acceptors (Lipinski definition) is 8. The summed E-state index contributed by atoms with van der Waals surface area (Å²) < 4.78 is 29.0. The van der Waals surface area contributed by atoms with Gasteiger partial charge >= 0.3 is 0 Å². The number of carbonyl (C=O) groups excluding carboxylic acids is 1. The number of pyridine rings is 1. The fourth-order valence-corrected chi connectivity index (χ4v) is 5.38. The van der Waals surface area contributed by atoms with Gasteiger partial charge in [-0.15, -0.1) is 11.3 Å². The Bertz CT molecular complexity index is 1700. The number of likely N-dealkylation sites (N-methyl/N-ethyl adjacent to an activating group) is 1. The minimum atomic E-state index is -0.592. The SMILES string of the molecule is CNCCn1cc(-c2cc3nccc(Oc4ccc(NC(=S)NC(=O)Cc5ccccc5OC)cc4F)c3s2)cn1. The van der Waals surface area contributed by atoms with Gasteiger partial charge in [0.1, 0.15) is 11.5 Å². The Labute approximate surface area is 245 Å². The van der Waals surface area contributed by atoms with Crippen molar-refractivity contribution in [1.82, 2.24) is 25.4 Å². The van der Waals surface area contributed by atoms with Crippen molar-refractivity contribution in [1.29, 1.82) is 0 Å². The van der Waals surface area contributed by atoms with Gasteiger partial charge in [0.2, 0.25) is 5.91 Å². The number of thiophene rings is 1. The maximum atomic E-state index is 15.1. The minimum Gasteiger partial charge on any atom is -0.496 e. The Hall–Kier alpha value is -4.39. The van der Waals surface area contributed by atoms with Crippen LogP contribution in [0, 0.1) is 5.82 Å². The molecule has 0 fully saturated rings. The standard InChI is InChI=1S/C29H27FN6O3S2/c1-31-11-12-36-17-19(16-33-36)26-15-22-28(41-26)25(9-10-32-22)39-24-8-7-20(14-21(24)30)34-29(40)35-27(37)13-18-5-3-4-6-23(18)38-2/h3-10,14-17,31H,11-13H2,1-2H3,(H2,34,35,37,40). The smallest absolute Gasteiger partial charge is 0.230 e. The molecule has 0 spiro atoms. The van der Waals surface area contributed by atoms with Crippen molar-refractivity contribution in [2.45, 2.75) is 13.0 Å². The number of benzene rings is 2. The van der Waals surface area contributed by atoms with E-state index in [2.05, 4.69) is 26.0 Å². The molecule has 0 aliphatic heterocycles. The predicted molar refractivity (Wildman–Crippen MR) is 162 cm³/mol. The molecule has 0 saturated carbocycles. The van der Waals surface area contributed by atoms with E-state index in [-0.39, 0.29) is 23.2 Å². The summed E-state index contributed by atoms with van der Waals surface area (Å²) in [6.45, 7) is 1.58. The summed E-state index contributed by atoms with van der Waals surface area (Å²) in [6, 6.07) is 15.3. The molecule has 0 saturated heterocycles. The normalized spacial score (nSPS) is 10.9. The third kappa shape index (κ3) is 6.85. The lowest BCUT2D eigenvalue weighted by Gasteiger charge is -2.12. The van der Waals surface area contributed by atoms with Gasteiger partial charge in [-0.2, -0.15) is 5.10 Å². The van der Waals surface area contributed by atoms with Crippen LogP contribution in [0.15, 0.2) is 73.2 Å². The first-order valence-corrected chi connectivity index (χ1v) is 13.9. The van der Waals surface area contributed by atoms with Crippen LogP contribution in [0.1, 0.15) is 5.56 Å². The fraction of sp³-hybridized carbons (Fsp3) is 0.172. The van der Waals surface area contributed by atoms with Gasteiger partial charge < -0.3 is 25.4 Å². The van der Waals surface area contributed by atoms with E-state index in [1.807, 2.05) is 42.3 Å². The van der Waals surface area contributed by atoms with E-state index in [1.54, 1.807) is 37.6 Å². The first-order chi connectivity index (χ1) is 19.9. The zero-order valence-corrected chi connectivity index (χ0v) is 23.9. The topological polar surface area (TPSA) is 102 Å². The van der Waals surface area contributed by atoms with Crippen molar-refractivity contribution >= 4 is 50.5 Å². The van der Waals surface area contributed by atoms with E-state index in [1.165, 1.54) is 23.5 Å². The number of nitrogens with zero attached hydrogens (tertiary/aromatic N) is 3. The van der Waals surface area contributed by atoms with Gasteiger partial charge in [-0.1, -0.05) is 18.2 Å². The number of anilines is 1. The second-order valence-electron chi connectivity index (χ2n) is 8.97. The number of thiocarbonyl (C=S) groups is 1. The molecule has 0 bridgehead atoms. The zero-order chi connectivity index (χ0) is 28.8.